The van der Waals surface area contributed by atoms with Crippen molar-refractivity contribution >= 4 is 21.0 Å². The topological polar surface area (TPSA) is 57.2 Å². The Kier molecular flexibility index (Phi) is 13.1. The number of rotatable bonds is 7. The van der Waals surface area contributed by atoms with E-state index in [1.807, 2.05) is 39.8 Å². The summed E-state index contributed by atoms with van der Waals surface area (Å²) >= 11 is 0. The smallest absolute Gasteiger partial charge is 0.170 e. The van der Waals surface area contributed by atoms with E-state index in [-0.39, 0.29) is 43.9 Å². The minimum atomic E-state index is -4.45. The molecule has 4 aromatic rings. The standard InChI is InChI=1S/C30H39S.C15H24O3S/c1-28(2,3)22-16-10-13-19-25(22)31(26-20-14-11-17-23(26)29(4,5)6)27-21-15-12-18-24(27)30(7,8)9;1-9(2)12-7-13(10(3)4)15(19(16,17)18)14(8-12)11(5)6/h10-21H,1-9H3;7-11H,1-6H3,(H,16,17,18)/q+1;/p-1. The Balaban J connectivity index is 0.000000305. The van der Waals surface area contributed by atoms with Crippen molar-refractivity contribution < 1.29 is 13.0 Å². The van der Waals surface area contributed by atoms with Crippen LogP contribution in [0.4, 0.5) is 0 Å². The lowest BCUT2D eigenvalue weighted by Gasteiger charge is -2.28. The average molecular weight is 715 g/mol. The maximum absolute atomic E-state index is 11.6. The summed E-state index contributed by atoms with van der Waals surface area (Å²) in [6.07, 6.45) is 0. The molecule has 0 N–H and O–H groups in total. The Hall–Kier alpha value is -2.86. The summed E-state index contributed by atoms with van der Waals surface area (Å²) in [5.74, 6) is 0.322. The summed E-state index contributed by atoms with van der Waals surface area (Å²) in [6, 6.07) is 31.0. The molecule has 0 aromatic heterocycles. The maximum Gasteiger partial charge on any atom is 0.170 e. The van der Waals surface area contributed by atoms with E-state index in [2.05, 4.69) is 149 Å². The van der Waals surface area contributed by atoms with Crippen LogP contribution >= 0.6 is 0 Å². The van der Waals surface area contributed by atoms with E-state index in [1.54, 1.807) is 0 Å². The summed E-state index contributed by atoms with van der Waals surface area (Å²) in [4.78, 5) is 4.33. The Morgan fingerprint density at radius 1 is 0.500 bits per heavy atom. The van der Waals surface area contributed by atoms with Gasteiger partial charge in [0.25, 0.3) is 0 Å². The third-order valence-electron chi connectivity index (χ3n) is 9.07. The fourth-order valence-electron chi connectivity index (χ4n) is 6.33. The lowest BCUT2D eigenvalue weighted by Crippen LogP contribution is -2.23. The number of hydrogen-bond donors (Lipinski definition) is 0. The van der Waals surface area contributed by atoms with Gasteiger partial charge in [-0.3, -0.25) is 0 Å². The Labute approximate surface area is 308 Å². The van der Waals surface area contributed by atoms with Gasteiger partial charge in [0.05, 0.1) is 4.90 Å². The third kappa shape index (κ3) is 9.92. The quantitative estimate of drug-likeness (QED) is 0.141. The molecular weight excluding hydrogens is 653 g/mol. The van der Waals surface area contributed by atoms with Gasteiger partial charge in [-0.15, -0.1) is 0 Å². The van der Waals surface area contributed by atoms with E-state index in [0.717, 1.165) is 5.56 Å². The van der Waals surface area contributed by atoms with Crippen LogP contribution in [0.25, 0.3) is 0 Å². The SMILES string of the molecule is CC(C)(C)c1ccccc1[S+](c1ccccc1C(C)(C)C)c1ccccc1C(C)(C)C.CC(C)c1cc(C(C)C)c(S(=O)(=O)[O-])c(C(C)C)c1. The number of hydrogen-bond acceptors (Lipinski definition) is 3. The molecule has 0 aliphatic rings. The molecule has 0 atom stereocenters. The van der Waals surface area contributed by atoms with E-state index in [9.17, 15) is 13.0 Å². The van der Waals surface area contributed by atoms with Crippen LogP contribution in [0, 0.1) is 0 Å². The van der Waals surface area contributed by atoms with Gasteiger partial charge in [-0.1, -0.05) is 171 Å². The van der Waals surface area contributed by atoms with Crippen molar-refractivity contribution in [2.24, 2.45) is 0 Å². The summed E-state index contributed by atoms with van der Waals surface area (Å²) in [5.41, 5.74) is 6.91. The molecule has 272 valence electrons. The van der Waals surface area contributed by atoms with Gasteiger partial charge in [0.15, 0.2) is 14.7 Å². The van der Waals surface area contributed by atoms with E-state index in [4.69, 9.17) is 0 Å². The Morgan fingerprint density at radius 2 is 0.780 bits per heavy atom. The fraction of sp³-hybridized carbons (Fsp3) is 0.467. The van der Waals surface area contributed by atoms with Gasteiger partial charge >= 0.3 is 0 Å². The van der Waals surface area contributed by atoms with Crippen LogP contribution in [-0.2, 0) is 37.3 Å². The zero-order valence-electron chi connectivity index (χ0n) is 33.4. The second-order valence-corrected chi connectivity index (χ2v) is 20.7. The second-order valence-electron chi connectivity index (χ2n) is 17.5. The lowest BCUT2D eigenvalue weighted by atomic mass is 9.87. The van der Waals surface area contributed by atoms with Gasteiger partial charge in [0.2, 0.25) is 0 Å². The van der Waals surface area contributed by atoms with Crippen molar-refractivity contribution in [3.8, 4) is 0 Å². The van der Waals surface area contributed by atoms with E-state index < -0.39 is 10.1 Å². The van der Waals surface area contributed by atoms with Crippen LogP contribution in [0.2, 0.25) is 0 Å². The molecule has 3 nitrogen and oxygen atoms in total. The van der Waals surface area contributed by atoms with Crippen LogP contribution in [0.5, 0.6) is 0 Å². The summed E-state index contributed by atoms with van der Waals surface area (Å²) in [5, 5.41) is 0. The van der Waals surface area contributed by atoms with Gasteiger partial charge < -0.3 is 4.55 Å². The highest BCUT2D eigenvalue weighted by Crippen LogP contribution is 2.44. The van der Waals surface area contributed by atoms with Crippen LogP contribution < -0.4 is 0 Å². The van der Waals surface area contributed by atoms with Gasteiger partial charge in [0.1, 0.15) is 21.0 Å². The van der Waals surface area contributed by atoms with Crippen LogP contribution in [0.3, 0.4) is 0 Å². The first-order chi connectivity index (χ1) is 22.9. The Morgan fingerprint density at radius 3 is 1.00 bits per heavy atom. The molecular formula is C45H62O3S2. The minimum Gasteiger partial charge on any atom is -0.744 e. The zero-order valence-corrected chi connectivity index (χ0v) is 35.0. The van der Waals surface area contributed by atoms with Gasteiger partial charge in [-0.25, -0.2) is 8.42 Å². The van der Waals surface area contributed by atoms with Gasteiger partial charge in [-0.2, -0.15) is 0 Å². The molecule has 4 rings (SSSR count). The van der Waals surface area contributed by atoms with Crippen molar-refractivity contribution in [2.45, 2.75) is 157 Å². The molecule has 0 unspecified atom stereocenters. The summed E-state index contributed by atoms with van der Waals surface area (Å²) in [6.45, 7) is 32.8. The van der Waals surface area contributed by atoms with Crippen molar-refractivity contribution in [3.05, 3.63) is 118 Å². The zero-order chi connectivity index (χ0) is 38.0. The molecule has 0 aliphatic heterocycles. The highest BCUT2D eigenvalue weighted by molar-refractivity contribution is 7.97. The third-order valence-corrected chi connectivity index (χ3v) is 12.4. The molecule has 0 radical (unpaired) electrons. The molecule has 0 bridgehead atoms. The molecule has 0 fully saturated rings. The molecule has 0 saturated heterocycles. The van der Waals surface area contributed by atoms with Crippen LogP contribution in [0.15, 0.2) is 105 Å². The normalized spacial score (nSPS) is 12.9. The molecule has 5 heteroatoms. The molecule has 0 saturated carbocycles. The second kappa shape index (κ2) is 15.8. The summed E-state index contributed by atoms with van der Waals surface area (Å²) < 4.78 is 34.8. The van der Waals surface area contributed by atoms with Crippen molar-refractivity contribution in [1.29, 1.82) is 0 Å². The van der Waals surface area contributed by atoms with E-state index in [0.29, 0.717) is 17.0 Å². The average Bonchev–Trinajstić information content (AvgIpc) is 2.99. The van der Waals surface area contributed by atoms with Gasteiger partial charge in [0, 0.05) is 16.7 Å². The Bertz CT molecular complexity index is 1700. The van der Waals surface area contributed by atoms with Crippen molar-refractivity contribution in [2.75, 3.05) is 0 Å². The first-order valence-electron chi connectivity index (χ1n) is 18.0. The molecule has 0 heterocycles. The van der Waals surface area contributed by atoms with Crippen LogP contribution in [0.1, 0.15) is 155 Å². The molecule has 50 heavy (non-hydrogen) atoms. The highest BCUT2D eigenvalue weighted by Gasteiger charge is 2.40. The minimum absolute atomic E-state index is 0.00919. The van der Waals surface area contributed by atoms with E-state index >= 15 is 0 Å². The monoisotopic (exact) mass is 714 g/mol. The van der Waals surface area contributed by atoms with E-state index in [1.165, 1.54) is 31.4 Å². The predicted molar refractivity (Wildman–Crippen MR) is 214 cm³/mol. The largest absolute Gasteiger partial charge is 0.744 e. The molecule has 0 amide bonds. The highest BCUT2D eigenvalue weighted by atomic mass is 32.2. The first-order valence-corrected chi connectivity index (χ1v) is 20.7. The maximum atomic E-state index is 11.6. The molecule has 0 spiro atoms. The predicted octanol–water partition coefficient (Wildman–Crippen LogP) is 12.6. The van der Waals surface area contributed by atoms with Gasteiger partial charge in [-0.05, 0) is 68.9 Å². The first kappa shape index (κ1) is 41.6. The summed E-state index contributed by atoms with van der Waals surface area (Å²) in [7, 11) is -4.64. The lowest BCUT2D eigenvalue weighted by molar-refractivity contribution is 0.459. The fourth-order valence-corrected chi connectivity index (χ4v) is 10.6. The van der Waals surface area contributed by atoms with Crippen molar-refractivity contribution in [1.82, 2.24) is 0 Å². The molecule has 4 aromatic carbocycles. The number of benzene rings is 4. The molecule has 0 aliphatic carbocycles. The van der Waals surface area contributed by atoms with Crippen molar-refractivity contribution in [3.63, 3.8) is 0 Å². The van der Waals surface area contributed by atoms with Crippen LogP contribution in [-0.4, -0.2) is 13.0 Å².